The van der Waals surface area contributed by atoms with E-state index < -0.39 is 38.9 Å². The van der Waals surface area contributed by atoms with E-state index in [1.54, 1.807) is 43.3 Å². The number of benzene rings is 2. The summed E-state index contributed by atoms with van der Waals surface area (Å²) in [6.07, 6.45) is -0.230. The first-order chi connectivity index (χ1) is 14.6. The van der Waals surface area contributed by atoms with E-state index in [-0.39, 0.29) is 24.5 Å². The number of nitrogens with zero attached hydrogens (tertiary/aromatic N) is 2. The number of carbonyl (C=O) groups excluding carboxylic acids is 1. The lowest BCUT2D eigenvalue weighted by molar-refractivity contribution is -0.532. The predicted molar refractivity (Wildman–Crippen MR) is 117 cm³/mol. The van der Waals surface area contributed by atoms with E-state index in [0.29, 0.717) is 5.56 Å². The molecule has 8 nitrogen and oxygen atoms in total. The number of carbonyl (C=O) groups is 1. The monoisotopic (exact) mass is 510 g/mol. The molecule has 31 heavy (non-hydrogen) atoms. The third-order valence-corrected chi connectivity index (χ3v) is 7.74. The van der Waals surface area contributed by atoms with Crippen LogP contribution in [0.5, 0.6) is 0 Å². The van der Waals surface area contributed by atoms with Gasteiger partial charge in [-0.25, -0.2) is 8.42 Å². The summed E-state index contributed by atoms with van der Waals surface area (Å²) in [5.74, 6) is -1.40. The standard InChI is InChI=1S/C21H23BrN2O6S/c1-3-30-19(25)12-16-13-23(31(28,29)18-10-4-14(2)5-11-18)20(21(16)24(26)27)15-6-8-17(22)9-7-15/h4-11,16,20-21H,3,12-13H2,1-2H3/t16-,20-,21+/m1/s1. The molecule has 0 spiro atoms. The number of hydrogen-bond donors (Lipinski definition) is 0. The van der Waals surface area contributed by atoms with Crippen LogP contribution in [0.3, 0.4) is 0 Å². The minimum atomic E-state index is -4.05. The predicted octanol–water partition coefficient (Wildman–Crippen LogP) is 3.72. The van der Waals surface area contributed by atoms with Crippen LogP contribution in [0.25, 0.3) is 0 Å². The van der Waals surface area contributed by atoms with Crippen LogP contribution in [0.4, 0.5) is 0 Å². The van der Waals surface area contributed by atoms with Crippen LogP contribution < -0.4 is 0 Å². The Balaban J connectivity index is 2.09. The number of halogens is 1. The zero-order valence-corrected chi connectivity index (χ0v) is 19.5. The zero-order valence-electron chi connectivity index (χ0n) is 17.1. The second kappa shape index (κ2) is 9.46. The van der Waals surface area contributed by atoms with Crippen molar-refractivity contribution in [2.75, 3.05) is 13.2 Å². The molecular weight excluding hydrogens is 488 g/mol. The van der Waals surface area contributed by atoms with E-state index >= 15 is 0 Å². The fourth-order valence-corrected chi connectivity index (χ4v) is 5.85. The van der Waals surface area contributed by atoms with Gasteiger partial charge in [-0.3, -0.25) is 14.9 Å². The van der Waals surface area contributed by atoms with Crippen LogP contribution >= 0.6 is 15.9 Å². The molecule has 166 valence electrons. The number of esters is 1. The van der Waals surface area contributed by atoms with Gasteiger partial charge < -0.3 is 4.74 Å². The number of hydrogen-bond acceptors (Lipinski definition) is 6. The second-order valence-electron chi connectivity index (χ2n) is 7.43. The molecule has 1 aliphatic rings. The van der Waals surface area contributed by atoms with Crippen LogP contribution in [0, 0.1) is 23.0 Å². The zero-order chi connectivity index (χ0) is 22.8. The molecule has 0 bridgehead atoms. The van der Waals surface area contributed by atoms with Crippen molar-refractivity contribution in [1.29, 1.82) is 0 Å². The molecule has 1 aliphatic heterocycles. The highest BCUT2D eigenvalue weighted by Gasteiger charge is 2.55. The Morgan fingerprint density at radius 3 is 2.35 bits per heavy atom. The lowest BCUT2D eigenvalue weighted by Gasteiger charge is -2.25. The summed E-state index contributed by atoms with van der Waals surface area (Å²) >= 11 is 3.33. The van der Waals surface area contributed by atoms with Crippen LogP contribution in [0.15, 0.2) is 57.9 Å². The molecule has 0 N–H and O–H groups in total. The largest absolute Gasteiger partial charge is 0.466 e. The van der Waals surface area contributed by atoms with Gasteiger partial charge in [-0.1, -0.05) is 45.8 Å². The molecule has 0 aliphatic carbocycles. The van der Waals surface area contributed by atoms with Crippen LogP contribution in [-0.4, -0.2) is 42.8 Å². The maximum Gasteiger partial charge on any atom is 0.306 e. The molecular formula is C21H23BrN2O6S. The normalized spacial score (nSPS) is 21.7. The molecule has 0 saturated carbocycles. The van der Waals surface area contributed by atoms with Crippen LogP contribution in [-0.2, 0) is 19.6 Å². The lowest BCUT2D eigenvalue weighted by atomic mass is 9.92. The Morgan fingerprint density at radius 2 is 1.81 bits per heavy atom. The van der Waals surface area contributed by atoms with Gasteiger partial charge in [0.1, 0.15) is 6.04 Å². The summed E-state index contributed by atoms with van der Waals surface area (Å²) < 4.78 is 33.9. The lowest BCUT2D eigenvalue weighted by Crippen LogP contribution is -2.36. The van der Waals surface area contributed by atoms with Crippen molar-refractivity contribution in [3.8, 4) is 0 Å². The van der Waals surface area contributed by atoms with Gasteiger partial charge in [0.25, 0.3) is 0 Å². The van der Waals surface area contributed by atoms with Gasteiger partial charge in [0.15, 0.2) is 0 Å². The molecule has 0 aromatic heterocycles. The molecule has 0 radical (unpaired) electrons. The Labute approximate surface area is 189 Å². The molecule has 1 fully saturated rings. The molecule has 2 aromatic carbocycles. The molecule has 0 amide bonds. The summed E-state index contributed by atoms with van der Waals surface area (Å²) in [6.45, 7) is 3.49. The van der Waals surface area contributed by atoms with Gasteiger partial charge in [0.2, 0.25) is 16.1 Å². The third-order valence-electron chi connectivity index (χ3n) is 5.35. The second-order valence-corrected chi connectivity index (χ2v) is 10.2. The van der Waals surface area contributed by atoms with Crippen molar-refractivity contribution in [3.05, 3.63) is 74.2 Å². The Bertz CT molecular complexity index is 1060. The number of nitro groups is 1. The van der Waals surface area contributed by atoms with E-state index in [4.69, 9.17) is 4.74 Å². The molecule has 1 heterocycles. The summed E-state index contributed by atoms with van der Waals surface area (Å²) in [4.78, 5) is 23.7. The average Bonchev–Trinajstić information content (AvgIpc) is 3.09. The van der Waals surface area contributed by atoms with Gasteiger partial charge >= 0.3 is 5.97 Å². The van der Waals surface area contributed by atoms with Gasteiger partial charge in [-0.05, 0) is 43.7 Å². The molecule has 3 rings (SSSR count). The van der Waals surface area contributed by atoms with Gasteiger partial charge in [0, 0.05) is 15.9 Å². The maximum absolute atomic E-state index is 13.5. The van der Waals surface area contributed by atoms with Crippen LogP contribution in [0.1, 0.15) is 30.5 Å². The highest BCUT2D eigenvalue weighted by Crippen LogP contribution is 2.42. The van der Waals surface area contributed by atoms with E-state index in [9.17, 15) is 23.3 Å². The molecule has 2 aromatic rings. The van der Waals surface area contributed by atoms with E-state index in [1.807, 2.05) is 6.92 Å². The van der Waals surface area contributed by atoms with E-state index in [1.165, 1.54) is 12.1 Å². The molecule has 1 saturated heterocycles. The number of sulfonamides is 1. The summed E-state index contributed by atoms with van der Waals surface area (Å²) in [7, 11) is -4.05. The summed E-state index contributed by atoms with van der Waals surface area (Å²) in [5.41, 5.74) is 1.39. The Kier molecular flexibility index (Phi) is 7.13. The minimum absolute atomic E-state index is 0.0547. The van der Waals surface area contributed by atoms with Gasteiger partial charge in [0.05, 0.1) is 23.8 Å². The quantitative estimate of drug-likeness (QED) is 0.319. The maximum atomic E-state index is 13.5. The molecule has 10 heteroatoms. The fraction of sp³-hybridized carbons (Fsp3) is 0.381. The van der Waals surface area contributed by atoms with Crippen molar-refractivity contribution in [2.24, 2.45) is 5.92 Å². The number of aryl methyl sites for hydroxylation is 1. The number of ether oxygens (including phenoxy) is 1. The van der Waals surface area contributed by atoms with Gasteiger partial charge in [-0.2, -0.15) is 4.31 Å². The minimum Gasteiger partial charge on any atom is -0.466 e. The highest BCUT2D eigenvalue weighted by molar-refractivity contribution is 9.10. The molecule has 3 atom stereocenters. The van der Waals surface area contributed by atoms with Gasteiger partial charge in [-0.15, -0.1) is 0 Å². The highest BCUT2D eigenvalue weighted by atomic mass is 79.9. The first-order valence-electron chi connectivity index (χ1n) is 9.78. The summed E-state index contributed by atoms with van der Waals surface area (Å²) in [5, 5.41) is 12.1. The van der Waals surface area contributed by atoms with Crippen molar-refractivity contribution < 1.29 is 22.9 Å². The van der Waals surface area contributed by atoms with Crippen molar-refractivity contribution in [2.45, 2.75) is 37.2 Å². The van der Waals surface area contributed by atoms with E-state index in [2.05, 4.69) is 15.9 Å². The average molecular weight is 511 g/mol. The smallest absolute Gasteiger partial charge is 0.306 e. The SMILES string of the molecule is CCOC(=O)C[C@@H]1CN(S(=O)(=O)c2ccc(C)cc2)[C@H](c2ccc(Br)cc2)[C@H]1[N+](=O)[O-]. The summed E-state index contributed by atoms with van der Waals surface area (Å²) in [6, 6.07) is 10.7. The fourth-order valence-electron chi connectivity index (χ4n) is 3.90. The first kappa shape index (κ1) is 23.4. The molecule has 0 unspecified atom stereocenters. The van der Waals surface area contributed by atoms with Crippen LogP contribution in [0.2, 0.25) is 0 Å². The Hall–Kier alpha value is -2.30. The van der Waals surface area contributed by atoms with Crippen molar-refractivity contribution >= 4 is 31.9 Å². The van der Waals surface area contributed by atoms with Crippen molar-refractivity contribution in [3.63, 3.8) is 0 Å². The number of rotatable bonds is 7. The first-order valence-corrected chi connectivity index (χ1v) is 12.0. The third kappa shape index (κ3) is 4.97. The topological polar surface area (TPSA) is 107 Å². The van der Waals surface area contributed by atoms with Crippen molar-refractivity contribution in [1.82, 2.24) is 4.31 Å². The van der Waals surface area contributed by atoms with E-state index in [0.717, 1.165) is 14.3 Å². The Morgan fingerprint density at radius 1 is 1.19 bits per heavy atom.